The summed E-state index contributed by atoms with van der Waals surface area (Å²) < 4.78 is 32.9. The second kappa shape index (κ2) is 5.82. The van der Waals surface area contributed by atoms with Crippen molar-refractivity contribution in [2.24, 2.45) is 7.05 Å². The topological polar surface area (TPSA) is 77.3 Å². The summed E-state index contributed by atoms with van der Waals surface area (Å²) in [6, 6.07) is 7.91. The lowest BCUT2D eigenvalue weighted by Gasteiger charge is -2.26. The minimum absolute atomic E-state index is 0.255. The fraction of sp³-hybridized carbons (Fsp3) is 0.294. The van der Waals surface area contributed by atoms with Gasteiger partial charge in [-0.3, -0.25) is 0 Å². The van der Waals surface area contributed by atoms with Crippen LogP contribution in [0, 0.1) is 0 Å². The number of hydrogen-bond acceptors (Lipinski definition) is 5. The van der Waals surface area contributed by atoms with E-state index >= 15 is 0 Å². The van der Waals surface area contributed by atoms with E-state index in [0.717, 1.165) is 16.5 Å². The van der Waals surface area contributed by atoms with E-state index in [1.165, 1.54) is 16.9 Å². The molecule has 3 heterocycles. The van der Waals surface area contributed by atoms with Crippen molar-refractivity contribution < 1.29 is 13.2 Å². The summed E-state index contributed by atoms with van der Waals surface area (Å²) in [5, 5.41) is 1.09. The normalized spacial score (nSPS) is 15.3. The van der Waals surface area contributed by atoms with Crippen LogP contribution in [0.4, 0.5) is 0 Å². The molecule has 2 aromatic heterocycles. The molecule has 7 nitrogen and oxygen atoms in total. The van der Waals surface area contributed by atoms with Crippen LogP contribution in [-0.2, 0) is 30.0 Å². The number of ether oxygens (including phenoxy) is 1. The molecular weight excluding hydrogens is 340 g/mol. The lowest BCUT2D eigenvalue weighted by atomic mass is 10.1. The Balaban J connectivity index is 1.65. The van der Waals surface area contributed by atoms with Gasteiger partial charge in [-0.2, -0.15) is 4.31 Å². The van der Waals surface area contributed by atoms with E-state index in [1.807, 2.05) is 42.1 Å². The van der Waals surface area contributed by atoms with Gasteiger partial charge < -0.3 is 9.30 Å². The van der Waals surface area contributed by atoms with E-state index in [4.69, 9.17) is 4.74 Å². The van der Waals surface area contributed by atoms with Crippen LogP contribution >= 0.6 is 0 Å². The SMILES string of the molecule is Cn1ccc2cc(Oc3ncnc4c3CCN(S(C)(=O)=O)C4)ccc21. The predicted octanol–water partition coefficient (Wildman–Crippen LogP) is 2.08. The molecule has 4 rings (SSSR count). The van der Waals surface area contributed by atoms with Crippen LogP contribution in [0.5, 0.6) is 11.6 Å². The molecule has 0 atom stereocenters. The number of rotatable bonds is 3. The Morgan fingerprint density at radius 2 is 2.04 bits per heavy atom. The van der Waals surface area contributed by atoms with E-state index in [9.17, 15) is 8.42 Å². The molecule has 0 saturated heterocycles. The summed E-state index contributed by atoms with van der Waals surface area (Å²) in [7, 11) is -1.24. The zero-order valence-corrected chi connectivity index (χ0v) is 14.8. The molecule has 1 aliphatic heterocycles. The maximum Gasteiger partial charge on any atom is 0.225 e. The molecule has 0 radical (unpaired) electrons. The van der Waals surface area contributed by atoms with Gasteiger partial charge in [-0.15, -0.1) is 0 Å². The monoisotopic (exact) mass is 358 g/mol. The van der Waals surface area contributed by atoms with Gasteiger partial charge in [-0.25, -0.2) is 18.4 Å². The second-order valence-corrected chi connectivity index (χ2v) is 8.18. The Morgan fingerprint density at radius 1 is 1.20 bits per heavy atom. The Labute approximate surface area is 145 Å². The van der Waals surface area contributed by atoms with Gasteiger partial charge in [0.05, 0.1) is 18.5 Å². The minimum atomic E-state index is -3.23. The van der Waals surface area contributed by atoms with Crippen molar-refractivity contribution in [2.45, 2.75) is 13.0 Å². The van der Waals surface area contributed by atoms with Crippen LogP contribution in [0.3, 0.4) is 0 Å². The smallest absolute Gasteiger partial charge is 0.225 e. The number of sulfonamides is 1. The van der Waals surface area contributed by atoms with Gasteiger partial charge in [-0.1, -0.05) is 0 Å². The van der Waals surface area contributed by atoms with E-state index < -0.39 is 10.0 Å². The van der Waals surface area contributed by atoms with Gasteiger partial charge in [0.1, 0.15) is 12.1 Å². The van der Waals surface area contributed by atoms with Crippen molar-refractivity contribution in [2.75, 3.05) is 12.8 Å². The van der Waals surface area contributed by atoms with Crippen molar-refractivity contribution in [1.82, 2.24) is 18.8 Å². The predicted molar refractivity (Wildman–Crippen MR) is 94.0 cm³/mol. The molecule has 0 unspecified atom stereocenters. The zero-order valence-electron chi connectivity index (χ0n) is 14.0. The molecule has 1 aromatic carbocycles. The number of fused-ring (bicyclic) bond motifs is 2. The first-order valence-electron chi connectivity index (χ1n) is 7.92. The molecule has 25 heavy (non-hydrogen) atoms. The van der Waals surface area contributed by atoms with E-state index in [1.54, 1.807) is 0 Å². The fourth-order valence-corrected chi connectivity index (χ4v) is 3.89. The molecule has 0 spiro atoms. The van der Waals surface area contributed by atoms with Gasteiger partial charge in [0.15, 0.2) is 0 Å². The van der Waals surface area contributed by atoms with Crippen LogP contribution < -0.4 is 4.74 Å². The summed E-state index contributed by atoms with van der Waals surface area (Å²) in [6.45, 7) is 0.665. The van der Waals surface area contributed by atoms with Gasteiger partial charge >= 0.3 is 0 Å². The first kappa shape index (κ1) is 16.0. The second-order valence-electron chi connectivity index (χ2n) is 6.20. The molecule has 0 fully saturated rings. The molecule has 8 heteroatoms. The number of aromatic nitrogens is 3. The van der Waals surface area contributed by atoms with Crippen molar-refractivity contribution >= 4 is 20.9 Å². The van der Waals surface area contributed by atoms with Crippen LogP contribution in [-0.4, -0.2) is 40.1 Å². The van der Waals surface area contributed by atoms with E-state index in [0.29, 0.717) is 30.3 Å². The maximum absolute atomic E-state index is 11.7. The quantitative estimate of drug-likeness (QED) is 0.716. The van der Waals surface area contributed by atoms with Gasteiger partial charge in [-0.05, 0) is 30.7 Å². The number of benzene rings is 1. The first-order valence-corrected chi connectivity index (χ1v) is 9.77. The van der Waals surface area contributed by atoms with Crippen LogP contribution in [0.15, 0.2) is 36.8 Å². The highest BCUT2D eigenvalue weighted by Gasteiger charge is 2.27. The Hall–Kier alpha value is -2.45. The fourth-order valence-electron chi connectivity index (χ4n) is 3.11. The van der Waals surface area contributed by atoms with Gasteiger partial charge in [0.2, 0.25) is 15.9 Å². The first-order chi connectivity index (χ1) is 11.9. The Kier molecular flexibility index (Phi) is 3.73. The zero-order chi connectivity index (χ0) is 17.6. The molecule has 3 aromatic rings. The van der Waals surface area contributed by atoms with Crippen molar-refractivity contribution in [3.8, 4) is 11.6 Å². The number of aryl methyl sites for hydroxylation is 1. The van der Waals surface area contributed by atoms with Crippen molar-refractivity contribution in [1.29, 1.82) is 0 Å². The number of hydrogen-bond donors (Lipinski definition) is 0. The van der Waals surface area contributed by atoms with Crippen molar-refractivity contribution in [3.63, 3.8) is 0 Å². The largest absolute Gasteiger partial charge is 0.439 e. The molecule has 1 aliphatic rings. The molecule has 0 N–H and O–H groups in total. The Morgan fingerprint density at radius 3 is 2.84 bits per heavy atom. The third-order valence-corrected chi connectivity index (χ3v) is 5.72. The average Bonchev–Trinajstić information content (AvgIpc) is 2.94. The molecule has 130 valence electrons. The molecular formula is C17H18N4O3S. The summed E-state index contributed by atoms with van der Waals surface area (Å²) in [5.74, 6) is 1.19. The molecule has 0 saturated carbocycles. The van der Waals surface area contributed by atoms with E-state index in [2.05, 4.69) is 9.97 Å². The van der Waals surface area contributed by atoms with Gasteiger partial charge in [0, 0.05) is 36.3 Å². The number of nitrogens with zero attached hydrogens (tertiary/aromatic N) is 4. The molecule has 0 bridgehead atoms. The third-order valence-electron chi connectivity index (χ3n) is 4.47. The molecule has 0 aliphatic carbocycles. The third kappa shape index (κ3) is 2.98. The molecule has 0 amide bonds. The summed E-state index contributed by atoms with van der Waals surface area (Å²) in [4.78, 5) is 8.49. The standard InChI is InChI=1S/C17H18N4O3S/c1-20-7-5-12-9-13(3-4-16(12)20)24-17-14-6-8-21(25(2,22)23)10-15(14)18-11-19-17/h3-5,7,9,11H,6,8,10H2,1-2H3. The lowest BCUT2D eigenvalue weighted by molar-refractivity contribution is 0.374. The van der Waals surface area contributed by atoms with Crippen molar-refractivity contribution in [3.05, 3.63) is 48.0 Å². The van der Waals surface area contributed by atoms with Crippen LogP contribution in [0.1, 0.15) is 11.3 Å². The minimum Gasteiger partial charge on any atom is -0.439 e. The summed E-state index contributed by atoms with van der Waals surface area (Å²) in [5.41, 5.74) is 2.69. The highest BCUT2D eigenvalue weighted by molar-refractivity contribution is 7.88. The summed E-state index contributed by atoms with van der Waals surface area (Å²) in [6.07, 6.45) is 5.17. The van der Waals surface area contributed by atoms with Crippen LogP contribution in [0.2, 0.25) is 0 Å². The highest BCUT2D eigenvalue weighted by Crippen LogP contribution is 2.30. The van der Waals surface area contributed by atoms with Crippen LogP contribution in [0.25, 0.3) is 10.9 Å². The Bertz CT molecular complexity index is 1060. The summed E-state index contributed by atoms with van der Waals surface area (Å²) >= 11 is 0. The lowest BCUT2D eigenvalue weighted by Crippen LogP contribution is -2.35. The maximum atomic E-state index is 11.7. The van der Waals surface area contributed by atoms with Gasteiger partial charge in [0.25, 0.3) is 0 Å². The highest BCUT2D eigenvalue weighted by atomic mass is 32.2. The van der Waals surface area contributed by atoms with E-state index in [-0.39, 0.29) is 6.54 Å². The average molecular weight is 358 g/mol.